The van der Waals surface area contributed by atoms with Crippen molar-refractivity contribution in [3.63, 3.8) is 0 Å². The monoisotopic (exact) mass is 265 g/mol. The summed E-state index contributed by atoms with van der Waals surface area (Å²) in [6, 6.07) is 9.49. The molecule has 0 radical (unpaired) electrons. The van der Waals surface area contributed by atoms with Crippen LogP contribution in [0.4, 0.5) is 0 Å². The first-order valence-electron chi connectivity index (χ1n) is 7.40. The Kier molecular flexibility index (Phi) is 2.74. The van der Waals surface area contributed by atoms with Gasteiger partial charge in [0.15, 0.2) is 0 Å². The number of piperidine rings is 1. The van der Waals surface area contributed by atoms with E-state index in [2.05, 4.69) is 46.2 Å². The second-order valence-corrected chi connectivity index (χ2v) is 5.73. The first-order chi connectivity index (χ1) is 9.84. The van der Waals surface area contributed by atoms with E-state index in [1.165, 1.54) is 46.6 Å². The number of benzene rings is 1. The first kappa shape index (κ1) is 11.9. The normalized spacial score (nSPS) is 19.8. The van der Waals surface area contributed by atoms with E-state index in [1.54, 1.807) is 0 Å². The summed E-state index contributed by atoms with van der Waals surface area (Å²) in [6.45, 7) is 1.14. The Hall–Kier alpha value is -1.87. The van der Waals surface area contributed by atoms with Crippen molar-refractivity contribution in [1.29, 1.82) is 0 Å². The highest BCUT2D eigenvalue weighted by Crippen LogP contribution is 2.31. The molecule has 4 rings (SSSR count). The SMILES string of the molecule is Cn1c2ccncc2c2ccc(C3CCCCN3)cc21. The van der Waals surface area contributed by atoms with Gasteiger partial charge in [-0.05, 0) is 37.1 Å². The number of rotatable bonds is 1. The number of pyridine rings is 1. The van der Waals surface area contributed by atoms with Crippen LogP contribution in [0.15, 0.2) is 36.7 Å². The van der Waals surface area contributed by atoms with Crippen molar-refractivity contribution in [1.82, 2.24) is 14.9 Å². The Labute approximate surface area is 118 Å². The molecule has 1 unspecified atom stereocenters. The smallest absolute Gasteiger partial charge is 0.0519 e. The van der Waals surface area contributed by atoms with Crippen LogP contribution in [0.3, 0.4) is 0 Å². The molecule has 20 heavy (non-hydrogen) atoms. The van der Waals surface area contributed by atoms with Crippen molar-refractivity contribution in [2.75, 3.05) is 6.54 Å². The Morgan fingerprint density at radius 3 is 2.95 bits per heavy atom. The van der Waals surface area contributed by atoms with Gasteiger partial charge in [0.05, 0.1) is 5.52 Å². The Balaban J connectivity index is 1.90. The topological polar surface area (TPSA) is 29.9 Å². The van der Waals surface area contributed by atoms with Crippen LogP contribution in [0.5, 0.6) is 0 Å². The number of hydrogen-bond donors (Lipinski definition) is 1. The molecule has 3 aromatic rings. The van der Waals surface area contributed by atoms with E-state index < -0.39 is 0 Å². The summed E-state index contributed by atoms with van der Waals surface area (Å²) in [7, 11) is 2.14. The van der Waals surface area contributed by atoms with Gasteiger partial charge in [-0.2, -0.15) is 0 Å². The zero-order valence-electron chi connectivity index (χ0n) is 11.8. The molecule has 1 aliphatic heterocycles. The molecule has 1 N–H and O–H groups in total. The Morgan fingerprint density at radius 1 is 1.15 bits per heavy atom. The molecule has 0 saturated carbocycles. The maximum Gasteiger partial charge on any atom is 0.0519 e. The molecule has 0 amide bonds. The lowest BCUT2D eigenvalue weighted by atomic mass is 9.96. The predicted molar refractivity (Wildman–Crippen MR) is 82.8 cm³/mol. The quantitative estimate of drug-likeness (QED) is 0.729. The maximum atomic E-state index is 4.26. The van der Waals surface area contributed by atoms with Crippen LogP contribution in [0.25, 0.3) is 21.8 Å². The van der Waals surface area contributed by atoms with Crippen molar-refractivity contribution >= 4 is 21.8 Å². The molecule has 3 nitrogen and oxygen atoms in total. The van der Waals surface area contributed by atoms with E-state index >= 15 is 0 Å². The van der Waals surface area contributed by atoms with Gasteiger partial charge in [0.2, 0.25) is 0 Å². The van der Waals surface area contributed by atoms with Crippen LogP contribution in [0, 0.1) is 0 Å². The van der Waals surface area contributed by atoms with Gasteiger partial charge in [0.1, 0.15) is 0 Å². The lowest BCUT2D eigenvalue weighted by Crippen LogP contribution is -2.26. The largest absolute Gasteiger partial charge is 0.344 e. The van der Waals surface area contributed by atoms with Gasteiger partial charge in [-0.3, -0.25) is 4.98 Å². The highest BCUT2D eigenvalue weighted by atomic mass is 14.9. The van der Waals surface area contributed by atoms with E-state index in [4.69, 9.17) is 0 Å². The number of aromatic nitrogens is 2. The van der Waals surface area contributed by atoms with Crippen LogP contribution < -0.4 is 5.32 Å². The molecular formula is C17H19N3. The Morgan fingerprint density at radius 2 is 2.10 bits per heavy atom. The molecular weight excluding hydrogens is 246 g/mol. The van der Waals surface area contributed by atoms with Crippen molar-refractivity contribution in [2.24, 2.45) is 7.05 Å². The standard InChI is InChI=1S/C17H19N3/c1-20-16-7-9-18-11-14(16)13-6-5-12(10-17(13)20)15-4-2-3-8-19-15/h5-7,9-11,15,19H,2-4,8H2,1H3. The molecule has 1 aliphatic rings. The van der Waals surface area contributed by atoms with E-state index in [0.717, 1.165) is 6.54 Å². The lowest BCUT2D eigenvalue weighted by molar-refractivity contribution is 0.412. The molecule has 1 fully saturated rings. The molecule has 3 heteroatoms. The number of aryl methyl sites for hydroxylation is 1. The van der Waals surface area contributed by atoms with Crippen LogP contribution in [-0.4, -0.2) is 16.1 Å². The van der Waals surface area contributed by atoms with E-state index in [1.807, 2.05) is 12.4 Å². The Bertz CT molecular complexity index is 766. The fraction of sp³-hybridized carbons (Fsp3) is 0.353. The first-order valence-corrected chi connectivity index (χ1v) is 7.40. The second-order valence-electron chi connectivity index (χ2n) is 5.73. The summed E-state index contributed by atoms with van der Waals surface area (Å²) in [4.78, 5) is 4.26. The third-order valence-electron chi connectivity index (χ3n) is 4.55. The lowest BCUT2D eigenvalue weighted by Gasteiger charge is -2.24. The highest BCUT2D eigenvalue weighted by Gasteiger charge is 2.16. The molecule has 0 aliphatic carbocycles. The average Bonchev–Trinajstić information content (AvgIpc) is 2.81. The molecule has 3 heterocycles. The molecule has 1 saturated heterocycles. The highest BCUT2D eigenvalue weighted by molar-refractivity contribution is 6.07. The average molecular weight is 265 g/mol. The minimum Gasteiger partial charge on any atom is -0.344 e. The van der Waals surface area contributed by atoms with Gasteiger partial charge in [0.25, 0.3) is 0 Å². The second kappa shape index (κ2) is 4.60. The summed E-state index contributed by atoms with van der Waals surface area (Å²) < 4.78 is 2.28. The summed E-state index contributed by atoms with van der Waals surface area (Å²) >= 11 is 0. The summed E-state index contributed by atoms with van der Waals surface area (Å²) in [6.07, 6.45) is 7.71. The molecule has 1 atom stereocenters. The van der Waals surface area contributed by atoms with Crippen molar-refractivity contribution < 1.29 is 0 Å². The fourth-order valence-electron chi connectivity index (χ4n) is 3.42. The van der Waals surface area contributed by atoms with Gasteiger partial charge in [-0.15, -0.1) is 0 Å². The number of nitrogens with one attached hydrogen (secondary N) is 1. The number of fused-ring (bicyclic) bond motifs is 3. The zero-order chi connectivity index (χ0) is 13.5. The van der Waals surface area contributed by atoms with Crippen LogP contribution in [-0.2, 0) is 7.05 Å². The molecule has 1 aromatic carbocycles. The molecule has 0 bridgehead atoms. The molecule has 102 valence electrons. The van der Waals surface area contributed by atoms with Crippen LogP contribution in [0.2, 0.25) is 0 Å². The van der Waals surface area contributed by atoms with Crippen LogP contribution >= 0.6 is 0 Å². The summed E-state index contributed by atoms with van der Waals surface area (Å²) in [5.74, 6) is 0. The van der Waals surface area contributed by atoms with Gasteiger partial charge in [0, 0.05) is 41.8 Å². The van der Waals surface area contributed by atoms with Gasteiger partial charge >= 0.3 is 0 Å². The predicted octanol–water partition coefficient (Wildman–Crippen LogP) is 3.54. The van der Waals surface area contributed by atoms with E-state index in [0.29, 0.717) is 6.04 Å². The van der Waals surface area contributed by atoms with Crippen molar-refractivity contribution in [2.45, 2.75) is 25.3 Å². The van der Waals surface area contributed by atoms with E-state index in [9.17, 15) is 0 Å². The summed E-state index contributed by atoms with van der Waals surface area (Å²) in [5.41, 5.74) is 3.97. The number of hydrogen-bond acceptors (Lipinski definition) is 2. The molecule has 2 aromatic heterocycles. The van der Waals surface area contributed by atoms with Crippen molar-refractivity contribution in [3.8, 4) is 0 Å². The third kappa shape index (κ3) is 1.74. The van der Waals surface area contributed by atoms with Gasteiger partial charge < -0.3 is 9.88 Å². The van der Waals surface area contributed by atoms with Gasteiger partial charge in [-0.1, -0.05) is 18.6 Å². The minimum absolute atomic E-state index is 0.518. The van der Waals surface area contributed by atoms with Gasteiger partial charge in [-0.25, -0.2) is 0 Å². The van der Waals surface area contributed by atoms with Crippen LogP contribution in [0.1, 0.15) is 30.9 Å². The van der Waals surface area contributed by atoms with E-state index in [-0.39, 0.29) is 0 Å². The minimum atomic E-state index is 0.518. The molecule has 0 spiro atoms. The third-order valence-corrected chi connectivity index (χ3v) is 4.55. The fourth-order valence-corrected chi connectivity index (χ4v) is 3.42. The zero-order valence-corrected chi connectivity index (χ0v) is 11.8. The number of nitrogens with zero attached hydrogens (tertiary/aromatic N) is 2. The summed E-state index contributed by atoms with van der Waals surface area (Å²) in [5, 5.41) is 6.18. The maximum absolute atomic E-state index is 4.26. The van der Waals surface area contributed by atoms with Crippen molar-refractivity contribution in [3.05, 3.63) is 42.2 Å².